The maximum absolute atomic E-state index is 4.89. The summed E-state index contributed by atoms with van der Waals surface area (Å²) >= 11 is 3.71. The van der Waals surface area contributed by atoms with Crippen molar-refractivity contribution in [3.8, 4) is 21.7 Å². The Hall–Kier alpha value is -3.01. The highest BCUT2D eigenvalue weighted by molar-refractivity contribution is 7.23. The molecule has 0 bridgehead atoms. The second-order valence-electron chi connectivity index (χ2n) is 9.78. The fraction of sp³-hybridized carbons (Fsp3) is 0.167. The Morgan fingerprint density at radius 1 is 0.818 bits per heavy atom. The van der Waals surface area contributed by atoms with E-state index < -0.39 is 0 Å². The van der Waals surface area contributed by atoms with Crippen LogP contribution in [0, 0.1) is 6.92 Å². The van der Waals surface area contributed by atoms with Crippen molar-refractivity contribution < 1.29 is 0 Å². The van der Waals surface area contributed by atoms with Gasteiger partial charge in [-0.25, -0.2) is 0 Å². The van der Waals surface area contributed by atoms with Gasteiger partial charge in [0.15, 0.2) is 0 Å². The third kappa shape index (κ3) is 3.38. The zero-order chi connectivity index (χ0) is 22.7. The van der Waals surface area contributed by atoms with Crippen LogP contribution in [0.1, 0.15) is 31.9 Å². The van der Waals surface area contributed by atoms with Gasteiger partial charge in [-0.3, -0.25) is 4.98 Å². The summed E-state index contributed by atoms with van der Waals surface area (Å²) in [5, 5.41) is 7.45. The Labute approximate surface area is 202 Å². The molecule has 0 N–H and O–H groups in total. The lowest BCUT2D eigenvalue weighted by molar-refractivity contribution is 0.596. The van der Waals surface area contributed by atoms with Crippen LogP contribution in [0.25, 0.3) is 52.6 Å². The van der Waals surface area contributed by atoms with Gasteiger partial charge in [0.2, 0.25) is 0 Å². The molecule has 1 nitrogen and oxygen atoms in total. The molecule has 6 aromatic rings. The first-order chi connectivity index (χ1) is 15.9. The zero-order valence-electron chi connectivity index (χ0n) is 19.3. The Balaban J connectivity index is 1.59. The molecule has 3 heterocycles. The summed E-state index contributed by atoms with van der Waals surface area (Å²) in [6, 6.07) is 24.5. The molecule has 0 spiro atoms. The molecular weight excluding hydrogens is 438 g/mol. The van der Waals surface area contributed by atoms with Gasteiger partial charge in [-0.15, -0.1) is 22.7 Å². The molecule has 0 saturated heterocycles. The van der Waals surface area contributed by atoms with Crippen molar-refractivity contribution in [1.82, 2.24) is 4.98 Å². The topological polar surface area (TPSA) is 12.9 Å². The maximum Gasteiger partial charge on any atom is 0.0789 e. The molecule has 3 aromatic carbocycles. The fourth-order valence-electron chi connectivity index (χ4n) is 4.77. The molecule has 3 heteroatoms. The van der Waals surface area contributed by atoms with Gasteiger partial charge in [0.05, 0.1) is 5.69 Å². The molecule has 0 saturated carbocycles. The summed E-state index contributed by atoms with van der Waals surface area (Å²) in [4.78, 5) is 6.20. The van der Waals surface area contributed by atoms with E-state index in [4.69, 9.17) is 4.98 Å². The van der Waals surface area contributed by atoms with Crippen LogP contribution in [0.5, 0.6) is 0 Å². The Morgan fingerprint density at radius 2 is 1.64 bits per heavy atom. The van der Waals surface area contributed by atoms with Gasteiger partial charge in [-0.05, 0) is 69.3 Å². The zero-order valence-corrected chi connectivity index (χ0v) is 20.9. The maximum atomic E-state index is 4.89. The van der Waals surface area contributed by atoms with Crippen molar-refractivity contribution in [2.75, 3.05) is 0 Å². The third-order valence-electron chi connectivity index (χ3n) is 6.45. The second-order valence-corrected chi connectivity index (χ2v) is 11.7. The monoisotopic (exact) mass is 463 g/mol. The van der Waals surface area contributed by atoms with E-state index in [0.29, 0.717) is 0 Å². The normalized spacial score (nSPS) is 12.2. The largest absolute Gasteiger partial charge is 0.256 e. The van der Waals surface area contributed by atoms with E-state index in [9.17, 15) is 0 Å². The summed E-state index contributed by atoms with van der Waals surface area (Å²) in [6.07, 6.45) is 1.96. The van der Waals surface area contributed by atoms with Crippen LogP contribution in [0.2, 0.25) is 0 Å². The van der Waals surface area contributed by atoms with Gasteiger partial charge in [0, 0.05) is 37.0 Å². The number of hydrogen-bond acceptors (Lipinski definition) is 3. The van der Waals surface area contributed by atoms with E-state index in [1.54, 1.807) is 0 Å². The second kappa shape index (κ2) is 7.51. The molecule has 33 heavy (non-hydrogen) atoms. The molecule has 0 aliphatic heterocycles. The predicted molar refractivity (Wildman–Crippen MR) is 147 cm³/mol. The predicted octanol–water partition coefficient (Wildman–Crippen LogP) is 9.60. The van der Waals surface area contributed by atoms with Crippen LogP contribution >= 0.6 is 22.7 Å². The Bertz CT molecular complexity index is 1660. The van der Waals surface area contributed by atoms with Crippen LogP contribution in [-0.2, 0) is 5.41 Å². The molecule has 0 amide bonds. The van der Waals surface area contributed by atoms with Crippen LogP contribution in [0.3, 0.4) is 0 Å². The number of aromatic nitrogens is 1. The minimum Gasteiger partial charge on any atom is -0.256 e. The molecule has 162 valence electrons. The molecular formula is C30H25NS2. The lowest BCUT2D eigenvalue weighted by atomic mass is 9.82. The fourth-order valence-corrected chi connectivity index (χ4v) is 7.01. The first kappa shape index (κ1) is 20.6. The van der Waals surface area contributed by atoms with E-state index in [1.807, 2.05) is 28.9 Å². The van der Waals surface area contributed by atoms with E-state index in [-0.39, 0.29) is 5.41 Å². The van der Waals surface area contributed by atoms with Crippen molar-refractivity contribution in [2.24, 2.45) is 0 Å². The third-order valence-corrected chi connectivity index (χ3v) is 8.73. The summed E-state index contributed by atoms with van der Waals surface area (Å²) in [6.45, 7) is 9.07. The molecule has 6 rings (SSSR count). The number of nitrogens with zero attached hydrogens (tertiary/aromatic N) is 1. The average molecular weight is 464 g/mol. The number of thiophene rings is 2. The van der Waals surface area contributed by atoms with Crippen LogP contribution < -0.4 is 0 Å². The van der Waals surface area contributed by atoms with E-state index in [0.717, 1.165) is 5.69 Å². The van der Waals surface area contributed by atoms with E-state index >= 15 is 0 Å². The number of pyridine rings is 1. The van der Waals surface area contributed by atoms with Crippen molar-refractivity contribution in [3.05, 3.63) is 89.4 Å². The average Bonchev–Trinajstić information content (AvgIpc) is 3.41. The number of rotatable bonds is 2. The number of aryl methyl sites for hydroxylation is 1. The summed E-state index contributed by atoms with van der Waals surface area (Å²) in [7, 11) is 0. The lowest BCUT2D eigenvalue weighted by Gasteiger charge is -2.22. The summed E-state index contributed by atoms with van der Waals surface area (Å²) in [5.41, 5.74) is 6.36. The van der Waals surface area contributed by atoms with Crippen LogP contribution in [0.4, 0.5) is 0 Å². The standard InChI is InChI=1S/C30H25NS2/c1-18-17-32-29-21(18)10-7-11-23(29)27-16-24-26(33-27)12-13-31-28(24)20-14-19-8-5-6-9-22(19)25(15-20)30(2,3)4/h5-17H,1-4H3. The van der Waals surface area contributed by atoms with Gasteiger partial charge < -0.3 is 0 Å². The van der Waals surface area contributed by atoms with Crippen LogP contribution in [-0.4, -0.2) is 4.98 Å². The van der Waals surface area contributed by atoms with Gasteiger partial charge in [0.1, 0.15) is 0 Å². The molecule has 0 atom stereocenters. The smallest absolute Gasteiger partial charge is 0.0789 e. The Kier molecular flexibility index (Phi) is 4.69. The molecule has 0 aliphatic rings. The first-order valence-electron chi connectivity index (χ1n) is 11.3. The van der Waals surface area contributed by atoms with Gasteiger partial charge in [0.25, 0.3) is 0 Å². The molecule has 0 fully saturated rings. The van der Waals surface area contributed by atoms with E-state index in [2.05, 4.69) is 99.8 Å². The van der Waals surface area contributed by atoms with Gasteiger partial charge >= 0.3 is 0 Å². The van der Waals surface area contributed by atoms with Crippen molar-refractivity contribution >= 4 is 53.6 Å². The highest BCUT2D eigenvalue weighted by atomic mass is 32.1. The van der Waals surface area contributed by atoms with Crippen molar-refractivity contribution in [3.63, 3.8) is 0 Å². The minimum absolute atomic E-state index is 0.0516. The first-order valence-corrected chi connectivity index (χ1v) is 13.0. The van der Waals surface area contributed by atoms with Crippen molar-refractivity contribution in [1.29, 1.82) is 0 Å². The van der Waals surface area contributed by atoms with Gasteiger partial charge in [-0.2, -0.15) is 0 Å². The number of benzene rings is 3. The number of hydrogen-bond donors (Lipinski definition) is 0. The van der Waals surface area contributed by atoms with Crippen molar-refractivity contribution in [2.45, 2.75) is 33.1 Å². The molecule has 0 radical (unpaired) electrons. The van der Waals surface area contributed by atoms with Crippen LogP contribution in [0.15, 0.2) is 78.3 Å². The van der Waals surface area contributed by atoms with Gasteiger partial charge in [-0.1, -0.05) is 63.2 Å². The SMILES string of the molecule is Cc1csc2c(-c3cc4c(-c5cc(C(C)(C)C)c6ccccc6c5)nccc4s3)cccc12. The lowest BCUT2D eigenvalue weighted by Crippen LogP contribution is -2.12. The Morgan fingerprint density at radius 3 is 2.48 bits per heavy atom. The minimum atomic E-state index is 0.0516. The summed E-state index contributed by atoms with van der Waals surface area (Å²) < 4.78 is 2.66. The molecule has 0 unspecified atom stereocenters. The molecule has 3 aromatic heterocycles. The summed E-state index contributed by atoms with van der Waals surface area (Å²) in [5.74, 6) is 0. The quantitative estimate of drug-likeness (QED) is 0.249. The molecule has 0 aliphatic carbocycles. The van der Waals surface area contributed by atoms with E-state index in [1.165, 1.54) is 58.1 Å². The number of fused-ring (bicyclic) bond motifs is 3. The highest BCUT2D eigenvalue weighted by Crippen LogP contribution is 2.43. The highest BCUT2D eigenvalue weighted by Gasteiger charge is 2.20.